The Labute approximate surface area is 122 Å². The van der Waals surface area contributed by atoms with Gasteiger partial charge in [-0.05, 0) is 0 Å². The van der Waals surface area contributed by atoms with Gasteiger partial charge in [0.15, 0.2) is 11.5 Å². The molecule has 0 radical (unpaired) electrons. The molecule has 0 aliphatic rings. The molecule has 2 rings (SSSR count). The first-order valence-corrected chi connectivity index (χ1v) is 6.19. The van der Waals surface area contributed by atoms with Crippen LogP contribution >= 0.6 is 11.6 Å². The van der Waals surface area contributed by atoms with E-state index >= 15 is 0 Å². The Kier molecular flexibility index (Phi) is 3.94. The number of hydrogen-bond acceptors (Lipinski definition) is 5. The largest absolute Gasteiger partial charge is 0.493 e. The number of methoxy groups -OCH3 is 3. The fourth-order valence-electron chi connectivity index (χ4n) is 1.97. The number of nitrogens with two attached hydrogens (primary N) is 1. The molecule has 20 heavy (non-hydrogen) atoms. The van der Waals surface area contributed by atoms with Crippen molar-refractivity contribution in [3.63, 3.8) is 0 Å². The molecule has 0 spiro atoms. The number of hydrogen-bond donors (Lipinski definition) is 1. The van der Waals surface area contributed by atoms with Gasteiger partial charge < -0.3 is 19.9 Å². The lowest BCUT2D eigenvalue weighted by molar-refractivity contribution is 0.325. The lowest BCUT2D eigenvalue weighted by atomic mass is 10.1. The lowest BCUT2D eigenvalue weighted by Crippen LogP contribution is -1.99. The van der Waals surface area contributed by atoms with E-state index in [1.54, 1.807) is 23.9 Å². The molecule has 0 atom stereocenters. The van der Waals surface area contributed by atoms with E-state index < -0.39 is 0 Å². The molecule has 0 fully saturated rings. The predicted octanol–water partition coefficient (Wildman–Crippen LogP) is 2.35. The average molecular weight is 298 g/mol. The van der Waals surface area contributed by atoms with E-state index in [1.807, 2.05) is 0 Å². The molecule has 2 aromatic rings. The SMILES string of the molecule is COc1cc(Cl)c(-c2cc(N)n(C)n2)c(OC)c1OC. The van der Waals surface area contributed by atoms with Gasteiger partial charge in [-0.3, -0.25) is 4.68 Å². The molecule has 0 saturated carbocycles. The summed E-state index contributed by atoms with van der Waals surface area (Å²) in [5, 5.41) is 4.75. The minimum absolute atomic E-state index is 0.442. The van der Waals surface area contributed by atoms with Gasteiger partial charge in [0, 0.05) is 19.2 Å². The fourth-order valence-corrected chi connectivity index (χ4v) is 2.25. The highest BCUT2D eigenvalue weighted by Crippen LogP contribution is 2.48. The summed E-state index contributed by atoms with van der Waals surface area (Å²) in [6.45, 7) is 0. The Balaban J connectivity index is 2.74. The minimum atomic E-state index is 0.442. The maximum Gasteiger partial charge on any atom is 0.204 e. The highest BCUT2D eigenvalue weighted by atomic mass is 35.5. The fraction of sp³-hybridized carbons (Fsp3) is 0.308. The van der Waals surface area contributed by atoms with Crippen LogP contribution in [-0.4, -0.2) is 31.1 Å². The Bertz CT molecular complexity index is 621. The Morgan fingerprint density at radius 2 is 1.75 bits per heavy atom. The summed E-state index contributed by atoms with van der Waals surface area (Å²) < 4.78 is 17.5. The topological polar surface area (TPSA) is 71.5 Å². The van der Waals surface area contributed by atoms with E-state index in [0.29, 0.717) is 39.3 Å². The molecule has 0 unspecified atom stereocenters. The average Bonchev–Trinajstić information content (AvgIpc) is 2.76. The number of aromatic nitrogens is 2. The van der Waals surface area contributed by atoms with Crippen LogP contribution in [0.25, 0.3) is 11.3 Å². The van der Waals surface area contributed by atoms with Crippen molar-refractivity contribution in [3.05, 3.63) is 17.2 Å². The van der Waals surface area contributed by atoms with Gasteiger partial charge in [0.1, 0.15) is 5.82 Å². The zero-order valence-corrected chi connectivity index (χ0v) is 12.5. The number of ether oxygens (including phenoxy) is 3. The first kappa shape index (κ1) is 14.3. The minimum Gasteiger partial charge on any atom is -0.493 e. The molecular weight excluding hydrogens is 282 g/mol. The summed E-state index contributed by atoms with van der Waals surface area (Å²) in [5.41, 5.74) is 7.02. The Hall–Kier alpha value is -2.08. The van der Waals surface area contributed by atoms with Gasteiger partial charge in [0.25, 0.3) is 0 Å². The summed E-state index contributed by atoms with van der Waals surface area (Å²) in [5.74, 6) is 1.92. The van der Waals surface area contributed by atoms with Crippen molar-refractivity contribution in [2.24, 2.45) is 7.05 Å². The first-order chi connectivity index (χ1) is 9.53. The Morgan fingerprint density at radius 3 is 2.20 bits per heavy atom. The second kappa shape index (κ2) is 5.50. The molecule has 108 valence electrons. The first-order valence-electron chi connectivity index (χ1n) is 5.81. The molecule has 0 bridgehead atoms. The molecule has 0 saturated heterocycles. The zero-order chi connectivity index (χ0) is 14.9. The van der Waals surface area contributed by atoms with Crippen LogP contribution in [-0.2, 0) is 7.05 Å². The van der Waals surface area contributed by atoms with Crippen molar-refractivity contribution in [2.45, 2.75) is 0 Å². The zero-order valence-electron chi connectivity index (χ0n) is 11.7. The molecule has 0 aliphatic heterocycles. The van der Waals surface area contributed by atoms with Crippen LogP contribution in [0.3, 0.4) is 0 Å². The van der Waals surface area contributed by atoms with Crippen LogP contribution in [0.15, 0.2) is 12.1 Å². The van der Waals surface area contributed by atoms with Gasteiger partial charge in [0.05, 0.1) is 37.6 Å². The summed E-state index contributed by atoms with van der Waals surface area (Å²) in [6.07, 6.45) is 0. The predicted molar refractivity (Wildman–Crippen MR) is 77.7 cm³/mol. The third-order valence-corrected chi connectivity index (χ3v) is 3.25. The van der Waals surface area contributed by atoms with E-state index in [1.165, 1.54) is 21.3 Å². The van der Waals surface area contributed by atoms with Crippen molar-refractivity contribution in [3.8, 4) is 28.5 Å². The number of benzene rings is 1. The van der Waals surface area contributed by atoms with E-state index in [0.717, 1.165) is 0 Å². The van der Waals surface area contributed by atoms with E-state index in [9.17, 15) is 0 Å². The monoisotopic (exact) mass is 297 g/mol. The highest BCUT2D eigenvalue weighted by Gasteiger charge is 2.23. The van der Waals surface area contributed by atoms with E-state index in [2.05, 4.69) is 5.10 Å². The van der Waals surface area contributed by atoms with Crippen LogP contribution in [0.2, 0.25) is 5.02 Å². The molecule has 2 N–H and O–H groups in total. The summed E-state index contributed by atoms with van der Waals surface area (Å²) >= 11 is 6.31. The van der Waals surface area contributed by atoms with Crippen LogP contribution in [0, 0.1) is 0 Å². The van der Waals surface area contributed by atoms with Crippen molar-refractivity contribution >= 4 is 17.4 Å². The van der Waals surface area contributed by atoms with E-state index in [-0.39, 0.29) is 0 Å². The van der Waals surface area contributed by atoms with E-state index in [4.69, 9.17) is 31.5 Å². The molecule has 1 aromatic heterocycles. The van der Waals surface area contributed by atoms with Crippen molar-refractivity contribution in [1.82, 2.24) is 9.78 Å². The number of rotatable bonds is 4. The number of nitrogen functional groups attached to an aromatic ring is 1. The number of nitrogens with zero attached hydrogens (tertiary/aromatic N) is 2. The summed E-state index contributed by atoms with van der Waals surface area (Å²) in [6, 6.07) is 3.37. The second-order valence-electron chi connectivity index (χ2n) is 4.08. The van der Waals surface area contributed by atoms with Crippen LogP contribution < -0.4 is 19.9 Å². The van der Waals surface area contributed by atoms with Crippen LogP contribution in [0.4, 0.5) is 5.82 Å². The van der Waals surface area contributed by atoms with Gasteiger partial charge in [-0.1, -0.05) is 11.6 Å². The van der Waals surface area contributed by atoms with Crippen LogP contribution in [0.5, 0.6) is 17.2 Å². The van der Waals surface area contributed by atoms with Gasteiger partial charge in [-0.2, -0.15) is 5.10 Å². The summed E-state index contributed by atoms with van der Waals surface area (Å²) in [4.78, 5) is 0. The molecule has 6 nitrogen and oxygen atoms in total. The van der Waals surface area contributed by atoms with Crippen LogP contribution in [0.1, 0.15) is 0 Å². The van der Waals surface area contributed by atoms with Crippen molar-refractivity contribution in [1.29, 1.82) is 0 Å². The van der Waals surface area contributed by atoms with Crippen molar-refractivity contribution in [2.75, 3.05) is 27.1 Å². The third kappa shape index (κ3) is 2.22. The Morgan fingerprint density at radius 1 is 1.10 bits per heavy atom. The normalized spacial score (nSPS) is 10.4. The summed E-state index contributed by atoms with van der Waals surface area (Å²) in [7, 11) is 6.35. The number of anilines is 1. The smallest absolute Gasteiger partial charge is 0.204 e. The number of halogens is 1. The molecule has 0 aliphatic carbocycles. The molecule has 1 aromatic carbocycles. The molecule has 7 heteroatoms. The number of aryl methyl sites for hydroxylation is 1. The van der Waals surface area contributed by atoms with Gasteiger partial charge in [-0.15, -0.1) is 0 Å². The standard InChI is InChI=1S/C13H16ClN3O3/c1-17-10(15)6-8(16-17)11-7(14)5-9(18-2)12(19-3)13(11)20-4/h5-6H,15H2,1-4H3. The molecule has 0 amide bonds. The maximum absolute atomic E-state index is 6.31. The quantitative estimate of drug-likeness (QED) is 0.938. The van der Waals surface area contributed by atoms with Gasteiger partial charge >= 0.3 is 0 Å². The van der Waals surface area contributed by atoms with Crippen molar-refractivity contribution < 1.29 is 14.2 Å². The lowest BCUT2D eigenvalue weighted by Gasteiger charge is -2.16. The maximum atomic E-state index is 6.31. The molecule has 1 heterocycles. The van der Waals surface area contributed by atoms with Gasteiger partial charge in [-0.25, -0.2) is 0 Å². The van der Waals surface area contributed by atoms with Gasteiger partial charge in [0.2, 0.25) is 5.75 Å². The molecular formula is C13H16ClN3O3. The second-order valence-corrected chi connectivity index (χ2v) is 4.49. The third-order valence-electron chi connectivity index (χ3n) is 2.95. The highest BCUT2D eigenvalue weighted by molar-refractivity contribution is 6.34.